The third kappa shape index (κ3) is 3.45. The molecule has 0 unspecified atom stereocenters. The molecule has 0 amide bonds. The summed E-state index contributed by atoms with van der Waals surface area (Å²) in [5.74, 6) is 1.13. The third-order valence-corrected chi connectivity index (χ3v) is 5.43. The van der Waals surface area contributed by atoms with Gasteiger partial charge in [-0.25, -0.2) is 4.99 Å². The fourth-order valence-corrected chi connectivity index (χ4v) is 3.85. The molecule has 0 radical (unpaired) electrons. The number of nitrogens with zero attached hydrogens (tertiary/aromatic N) is 3. The molecule has 2 aliphatic rings. The van der Waals surface area contributed by atoms with Crippen LogP contribution in [0.3, 0.4) is 0 Å². The molecule has 0 N–H and O–H groups in total. The van der Waals surface area contributed by atoms with Crippen molar-refractivity contribution in [3.05, 3.63) is 71.3 Å². The molecule has 4 rings (SSSR count). The van der Waals surface area contributed by atoms with E-state index in [9.17, 15) is 0 Å². The summed E-state index contributed by atoms with van der Waals surface area (Å²) in [6.07, 6.45) is 3.30. The summed E-state index contributed by atoms with van der Waals surface area (Å²) < 4.78 is 0. The molecule has 3 nitrogen and oxygen atoms in total. The summed E-state index contributed by atoms with van der Waals surface area (Å²) in [6.45, 7) is 9.82. The van der Waals surface area contributed by atoms with Crippen LogP contribution in [0.15, 0.2) is 59.6 Å². The maximum atomic E-state index is 5.17. The van der Waals surface area contributed by atoms with E-state index in [0.717, 1.165) is 50.7 Å². The second-order valence-electron chi connectivity index (χ2n) is 7.18. The molecule has 2 aromatic carbocycles. The Kier molecular flexibility index (Phi) is 4.89. The number of fused-ring (bicyclic) bond motifs is 1. The fourth-order valence-electron chi connectivity index (χ4n) is 3.85. The molecule has 0 spiro atoms. The lowest BCUT2D eigenvalue weighted by molar-refractivity contribution is 0.191. The quantitative estimate of drug-likeness (QED) is 0.808. The first-order chi connectivity index (χ1) is 12.7. The van der Waals surface area contributed by atoms with Crippen LogP contribution < -0.4 is 0 Å². The van der Waals surface area contributed by atoms with E-state index >= 15 is 0 Å². The van der Waals surface area contributed by atoms with E-state index in [0.29, 0.717) is 0 Å². The fraction of sp³-hybridized carbons (Fsp3) is 0.348. The minimum Gasteiger partial charge on any atom is -0.354 e. The number of hydrogen-bond donors (Lipinski definition) is 0. The summed E-state index contributed by atoms with van der Waals surface area (Å²) in [6, 6.07) is 17.3. The van der Waals surface area contributed by atoms with E-state index in [1.807, 2.05) is 0 Å². The van der Waals surface area contributed by atoms with Crippen molar-refractivity contribution in [3.8, 4) is 0 Å². The Morgan fingerprint density at radius 2 is 1.73 bits per heavy atom. The molecule has 1 saturated heterocycles. The maximum absolute atomic E-state index is 5.17. The molecule has 0 atom stereocenters. The summed E-state index contributed by atoms with van der Waals surface area (Å²) in [5, 5.41) is 0. The highest BCUT2D eigenvalue weighted by Crippen LogP contribution is 2.30. The Morgan fingerprint density at radius 1 is 0.962 bits per heavy atom. The van der Waals surface area contributed by atoms with Crippen LogP contribution in [0.5, 0.6) is 0 Å². The summed E-state index contributed by atoms with van der Waals surface area (Å²) in [4.78, 5) is 10.2. The molecular weight excluding hydrogens is 318 g/mol. The molecule has 3 heteroatoms. The van der Waals surface area contributed by atoms with Crippen LogP contribution in [0, 0.1) is 6.92 Å². The smallest absolute Gasteiger partial charge is 0.136 e. The maximum Gasteiger partial charge on any atom is 0.136 e. The molecule has 2 aromatic rings. The van der Waals surface area contributed by atoms with E-state index in [2.05, 4.69) is 78.3 Å². The van der Waals surface area contributed by atoms with Crippen molar-refractivity contribution >= 4 is 17.1 Å². The van der Waals surface area contributed by atoms with Crippen LogP contribution in [-0.4, -0.2) is 48.4 Å². The number of aryl methyl sites for hydroxylation is 1. The zero-order chi connectivity index (χ0) is 17.9. The van der Waals surface area contributed by atoms with Gasteiger partial charge in [0, 0.05) is 31.8 Å². The van der Waals surface area contributed by atoms with Crippen LogP contribution >= 0.6 is 0 Å². The molecule has 134 valence electrons. The van der Waals surface area contributed by atoms with Crippen LogP contribution in [0.4, 0.5) is 5.69 Å². The van der Waals surface area contributed by atoms with Gasteiger partial charge in [-0.05, 0) is 37.1 Å². The van der Waals surface area contributed by atoms with E-state index in [1.165, 1.54) is 22.3 Å². The monoisotopic (exact) mass is 345 g/mol. The van der Waals surface area contributed by atoms with Crippen LogP contribution in [0.1, 0.15) is 23.6 Å². The van der Waals surface area contributed by atoms with Gasteiger partial charge in [0.1, 0.15) is 5.84 Å². The molecule has 2 heterocycles. The number of aliphatic imine (C=N–C) groups is 1. The average molecular weight is 345 g/mol. The molecule has 0 aromatic heterocycles. The standard InChI is InChI=1S/C23H27N3/c1-3-25-13-15-26(16-14-25)23-21(19-7-5-4-6-8-19)11-10-20-17-18(2)9-12-22(20)24-23/h4-9,11-12,17H,3,10,13-16H2,1-2H3. The predicted molar refractivity (Wildman–Crippen MR) is 110 cm³/mol. The summed E-state index contributed by atoms with van der Waals surface area (Å²) >= 11 is 0. The van der Waals surface area contributed by atoms with E-state index in [4.69, 9.17) is 4.99 Å². The first-order valence-electron chi connectivity index (χ1n) is 9.66. The van der Waals surface area contributed by atoms with Gasteiger partial charge < -0.3 is 9.80 Å². The number of hydrogen-bond acceptors (Lipinski definition) is 3. The first-order valence-corrected chi connectivity index (χ1v) is 9.66. The number of rotatable bonds is 2. The molecule has 2 aliphatic heterocycles. The average Bonchev–Trinajstić information content (AvgIpc) is 2.88. The molecule has 0 aliphatic carbocycles. The topological polar surface area (TPSA) is 18.8 Å². The molecule has 0 bridgehead atoms. The van der Waals surface area contributed by atoms with Crippen molar-refractivity contribution in [1.29, 1.82) is 0 Å². The summed E-state index contributed by atoms with van der Waals surface area (Å²) in [7, 11) is 0. The second-order valence-corrected chi connectivity index (χ2v) is 7.18. The van der Waals surface area contributed by atoms with Gasteiger partial charge in [0.25, 0.3) is 0 Å². The van der Waals surface area contributed by atoms with Crippen LogP contribution in [-0.2, 0) is 6.42 Å². The van der Waals surface area contributed by atoms with E-state index < -0.39 is 0 Å². The van der Waals surface area contributed by atoms with Gasteiger partial charge in [-0.3, -0.25) is 0 Å². The van der Waals surface area contributed by atoms with Gasteiger partial charge in [-0.15, -0.1) is 0 Å². The lowest BCUT2D eigenvalue weighted by Gasteiger charge is -2.36. The lowest BCUT2D eigenvalue weighted by Crippen LogP contribution is -2.48. The number of allylic oxidation sites excluding steroid dienone is 1. The van der Waals surface area contributed by atoms with Crippen molar-refractivity contribution in [3.63, 3.8) is 0 Å². The molecule has 0 saturated carbocycles. The zero-order valence-electron chi connectivity index (χ0n) is 15.8. The number of benzene rings is 2. The van der Waals surface area contributed by atoms with Crippen molar-refractivity contribution in [2.75, 3.05) is 32.7 Å². The highest BCUT2D eigenvalue weighted by atomic mass is 15.3. The van der Waals surface area contributed by atoms with Gasteiger partial charge >= 0.3 is 0 Å². The minimum absolute atomic E-state index is 0.934. The van der Waals surface area contributed by atoms with E-state index in [-0.39, 0.29) is 0 Å². The zero-order valence-corrected chi connectivity index (χ0v) is 15.8. The van der Waals surface area contributed by atoms with Crippen molar-refractivity contribution < 1.29 is 0 Å². The second kappa shape index (κ2) is 7.46. The SMILES string of the molecule is CCN1CCN(C2=Nc3ccc(C)cc3CC=C2c2ccccc2)CC1. The van der Waals surface area contributed by atoms with Crippen molar-refractivity contribution in [1.82, 2.24) is 9.80 Å². The number of likely N-dealkylation sites (N-methyl/N-ethyl adjacent to an activating group) is 1. The lowest BCUT2D eigenvalue weighted by atomic mass is 10.0. The third-order valence-electron chi connectivity index (χ3n) is 5.43. The molecule has 26 heavy (non-hydrogen) atoms. The Balaban J connectivity index is 1.75. The largest absolute Gasteiger partial charge is 0.354 e. The van der Waals surface area contributed by atoms with Crippen molar-refractivity contribution in [2.45, 2.75) is 20.3 Å². The van der Waals surface area contributed by atoms with Crippen molar-refractivity contribution in [2.24, 2.45) is 4.99 Å². The van der Waals surface area contributed by atoms with Gasteiger partial charge in [0.15, 0.2) is 0 Å². The van der Waals surface area contributed by atoms with Gasteiger partial charge in [0.05, 0.1) is 5.69 Å². The highest BCUT2D eigenvalue weighted by molar-refractivity contribution is 6.23. The Hall–Kier alpha value is -2.39. The highest BCUT2D eigenvalue weighted by Gasteiger charge is 2.24. The van der Waals surface area contributed by atoms with Gasteiger partial charge in [-0.1, -0.05) is 61.0 Å². The molecular formula is C23H27N3. The molecule has 1 fully saturated rings. The normalized spacial score (nSPS) is 18.0. The minimum atomic E-state index is 0.934. The Labute approximate surface area is 156 Å². The first kappa shape index (κ1) is 17.0. The van der Waals surface area contributed by atoms with Gasteiger partial charge in [0.2, 0.25) is 0 Å². The van der Waals surface area contributed by atoms with Gasteiger partial charge in [-0.2, -0.15) is 0 Å². The van der Waals surface area contributed by atoms with Crippen LogP contribution in [0.2, 0.25) is 0 Å². The Morgan fingerprint density at radius 3 is 2.46 bits per heavy atom. The number of amidine groups is 1. The summed E-state index contributed by atoms with van der Waals surface area (Å²) in [5.41, 5.74) is 6.26. The van der Waals surface area contributed by atoms with E-state index in [1.54, 1.807) is 0 Å². The van der Waals surface area contributed by atoms with Crippen LogP contribution in [0.25, 0.3) is 5.57 Å². The number of piperazine rings is 1. The predicted octanol–water partition coefficient (Wildman–Crippen LogP) is 4.30. The Bertz CT molecular complexity index is 828.